The highest BCUT2D eigenvalue weighted by atomic mass is 16.2. The molecule has 1 aromatic carbocycles. The Morgan fingerprint density at radius 1 is 0.923 bits per heavy atom. The van der Waals surface area contributed by atoms with Gasteiger partial charge in [-0.1, -0.05) is 36.4 Å². The van der Waals surface area contributed by atoms with Crippen LogP contribution in [0.4, 0.5) is 0 Å². The summed E-state index contributed by atoms with van der Waals surface area (Å²) >= 11 is 0. The molecule has 0 N–H and O–H groups in total. The molecule has 1 saturated heterocycles. The summed E-state index contributed by atoms with van der Waals surface area (Å²) in [5.74, 6) is 0.278. The average molecular weight is 349 g/mol. The van der Waals surface area contributed by atoms with E-state index >= 15 is 0 Å². The Labute approximate surface area is 153 Å². The van der Waals surface area contributed by atoms with Gasteiger partial charge in [0, 0.05) is 43.7 Å². The fourth-order valence-corrected chi connectivity index (χ4v) is 3.78. The maximum Gasteiger partial charge on any atom is 0.272 e. The molecule has 2 aromatic rings. The normalized spacial score (nSPS) is 18.3. The molecule has 4 rings (SSSR count). The maximum absolute atomic E-state index is 12.9. The van der Waals surface area contributed by atoms with E-state index in [2.05, 4.69) is 17.1 Å². The van der Waals surface area contributed by atoms with Crippen molar-refractivity contribution in [1.29, 1.82) is 0 Å². The van der Waals surface area contributed by atoms with Crippen LogP contribution < -0.4 is 0 Å². The molecule has 0 radical (unpaired) electrons. The van der Waals surface area contributed by atoms with Crippen LogP contribution in [0.1, 0.15) is 29.8 Å². The summed E-state index contributed by atoms with van der Waals surface area (Å²) in [5, 5.41) is 2.05. The maximum atomic E-state index is 12.9. The van der Waals surface area contributed by atoms with Gasteiger partial charge in [-0.15, -0.1) is 0 Å². The fraction of sp³-hybridized carbons (Fsp3) is 0.381. The quantitative estimate of drug-likeness (QED) is 0.784. The first-order valence-electron chi connectivity index (χ1n) is 9.30. The van der Waals surface area contributed by atoms with Crippen molar-refractivity contribution in [2.75, 3.05) is 26.2 Å². The van der Waals surface area contributed by atoms with Crippen molar-refractivity contribution in [3.63, 3.8) is 0 Å². The second kappa shape index (κ2) is 7.28. The van der Waals surface area contributed by atoms with Crippen LogP contribution in [-0.2, 0) is 4.79 Å². The second-order valence-corrected chi connectivity index (χ2v) is 7.03. The van der Waals surface area contributed by atoms with Gasteiger partial charge in [0.2, 0.25) is 5.91 Å². The predicted molar refractivity (Wildman–Crippen MR) is 101 cm³/mol. The Kier molecular flexibility index (Phi) is 4.69. The lowest BCUT2D eigenvalue weighted by Gasteiger charge is -2.24. The van der Waals surface area contributed by atoms with E-state index in [1.807, 2.05) is 40.1 Å². The highest BCUT2D eigenvalue weighted by Crippen LogP contribution is 2.21. The average Bonchev–Trinajstić information content (AvgIpc) is 3.11. The molecule has 1 fully saturated rings. The van der Waals surface area contributed by atoms with Crippen LogP contribution in [0, 0.1) is 5.92 Å². The number of allylic oxidation sites excluding steroid dienone is 2. The summed E-state index contributed by atoms with van der Waals surface area (Å²) in [6, 6.07) is 9.77. The van der Waals surface area contributed by atoms with Gasteiger partial charge in [0.15, 0.2) is 0 Å². The van der Waals surface area contributed by atoms with E-state index in [4.69, 9.17) is 0 Å². The third-order valence-electron chi connectivity index (χ3n) is 5.30. The Morgan fingerprint density at radius 2 is 1.62 bits per heavy atom. The molecular weight excluding hydrogens is 326 g/mol. The number of pyridine rings is 1. The predicted octanol–water partition coefficient (Wildman–Crippen LogP) is 2.88. The lowest BCUT2D eigenvalue weighted by atomic mass is 10.1. The standard InChI is InChI=1S/C21H23N3O2/c25-20(16-6-1-2-7-16)23-10-5-11-24(13-12-23)21(26)19-14-17-8-3-4-9-18(17)15-22-19/h1-4,8-9,14-16H,5-7,10-13H2. The van der Waals surface area contributed by atoms with Crippen LogP contribution in [0.3, 0.4) is 0 Å². The van der Waals surface area contributed by atoms with Gasteiger partial charge >= 0.3 is 0 Å². The number of aromatic nitrogens is 1. The Morgan fingerprint density at radius 3 is 2.42 bits per heavy atom. The van der Waals surface area contributed by atoms with Gasteiger partial charge in [-0.05, 0) is 30.7 Å². The largest absolute Gasteiger partial charge is 0.341 e. The van der Waals surface area contributed by atoms with Gasteiger partial charge in [0.1, 0.15) is 5.69 Å². The zero-order valence-corrected chi connectivity index (χ0v) is 14.8. The first-order valence-corrected chi connectivity index (χ1v) is 9.30. The number of carbonyl (C=O) groups excluding carboxylic acids is 2. The highest BCUT2D eigenvalue weighted by Gasteiger charge is 2.28. The number of benzene rings is 1. The van der Waals surface area contributed by atoms with E-state index < -0.39 is 0 Å². The second-order valence-electron chi connectivity index (χ2n) is 7.03. The molecule has 0 unspecified atom stereocenters. The summed E-state index contributed by atoms with van der Waals surface area (Å²) in [5.41, 5.74) is 0.475. The van der Waals surface area contributed by atoms with Crippen LogP contribution >= 0.6 is 0 Å². The van der Waals surface area contributed by atoms with E-state index in [1.165, 1.54) is 0 Å². The molecule has 0 spiro atoms. The van der Waals surface area contributed by atoms with Gasteiger partial charge in [-0.25, -0.2) is 0 Å². The van der Waals surface area contributed by atoms with Gasteiger partial charge in [-0.2, -0.15) is 0 Å². The summed E-state index contributed by atoms with van der Waals surface area (Å²) in [4.78, 5) is 33.6. The zero-order valence-electron chi connectivity index (χ0n) is 14.8. The molecule has 5 heteroatoms. The van der Waals surface area contributed by atoms with Crippen molar-refractivity contribution in [3.8, 4) is 0 Å². The lowest BCUT2D eigenvalue weighted by molar-refractivity contribution is -0.135. The molecule has 26 heavy (non-hydrogen) atoms. The third-order valence-corrected chi connectivity index (χ3v) is 5.30. The smallest absolute Gasteiger partial charge is 0.272 e. The van der Waals surface area contributed by atoms with Gasteiger partial charge in [0.25, 0.3) is 5.91 Å². The molecule has 5 nitrogen and oxygen atoms in total. The molecule has 1 aliphatic carbocycles. The third kappa shape index (κ3) is 3.34. The van der Waals surface area contributed by atoms with Crippen molar-refractivity contribution in [3.05, 3.63) is 54.4 Å². The number of carbonyl (C=O) groups is 2. The minimum absolute atomic E-state index is 0.0485. The molecule has 1 aromatic heterocycles. The summed E-state index contributed by atoms with van der Waals surface area (Å²) < 4.78 is 0. The number of rotatable bonds is 2. The van der Waals surface area contributed by atoms with E-state index in [1.54, 1.807) is 6.20 Å². The summed E-state index contributed by atoms with van der Waals surface area (Å²) in [6.07, 6.45) is 8.43. The van der Waals surface area contributed by atoms with Crippen molar-refractivity contribution in [1.82, 2.24) is 14.8 Å². The van der Waals surface area contributed by atoms with Gasteiger partial charge < -0.3 is 9.80 Å². The van der Waals surface area contributed by atoms with Crippen molar-refractivity contribution < 1.29 is 9.59 Å². The van der Waals surface area contributed by atoms with Gasteiger partial charge in [0.05, 0.1) is 0 Å². The summed E-state index contributed by atoms with van der Waals surface area (Å²) in [7, 11) is 0. The molecule has 2 aliphatic rings. The lowest BCUT2D eigenvalue weighted by Crippen LogP contribution is -2.39. The number of hydrogen-bond acceptors (Lipinski definition) is 3. The molecular formula is C21H23N3O2. The van der Waals surface area contributed by atoms with Crippen LogP contribution in [0.5, 0.6) is 0 Å². The Balaban J connectivity index is 1.44. The van der Waals surface area contributed by atoms with Crippen molar-refractivity contribution in [2.45, 2.75) is 19.3 Å². The van der Waals surface area contributed by atoms with Gasteiger partial charge in [-0.3, -0.25) is 14.6 Å². The summed E-state index contributed by atoms with van der Waals surface area (Å²) in [6.45, 7) is 2.57. The topological polar surface area (TPSA) is 53.5 Å². The Bertz CT molecular complexity index is 853. The van der Waals surface area contributed by atoms with Crippen LogP contribution in [-0.4, -0.2) is 52.8 Å². The molecule has 1 aliphatic heterocycles. The first kappa shape index (κ1) is 16.8. The van der Waals surface area contributed by atoms with Crippen molar-refractivity contribution >= 4 is 22.6 Å². The van der Waals surface area contributed by atoms with E-state index in [0.717, 1.165) is 36.6 Å². The number of hydrogen-bond donors (Lipinski definition) is 0. The van der Waals surface area contributed by atoms with Crippen LogP contribution in [0.2, 0.25) is 0 Å². The SMILES string of the molecule is O=C(c1cc2ccccc2cn1)N1CCCN(C(=O)C2CC=CC2)CC1. The van der Waals surface area contributed by atoms with E-state index in [9.17, 15) is 9.59 Å². The van der Waals surface area contributed by atoms with E-state index in [0.29, 0.717) is 25.3 Å². The number of nitrogens with zero attached hydrogens (tertiary/aromatic N) is 3. The zero-order chi connectivity index (χ0) is 17.9. The molecule has 2 amide bonds. The monoisotopic (exact) mass is 349 g/mol. The van der Waals surface area contributed by atoms with Crippen LogP contribution in [0.25, 0.3) is 10.8 Å². The molecule has 0 bridgehead atoms. The molecule has 2 heterocycles. The number of amides is 2. The highest BCUT2D eigenvalue weighted by molar-refractivity contribution is 5.96. The minimum atomic E-state index is -0.0485. The Hall–Kier alpha value is -2.69. The minimum Gasteiger partial charge on any atom is -0.341 e. The van der Waals surface area contributed by atoms with Crippen molar-refractivity contribution in [2.24, 2.45) is 5.92 Å². The van der Waals surface area contributed by atoms with Crippen LogP contribution in [0.15, 0.2) is 48.7 Å². The van der Waals surface area contributed by atoms with E-state index in [-0.39, 0.29) is 17.7 Å². The molecule has 0 atom stereocenters. The molecule has 0 saturated carbocycles. The number of fused-ring (bicyclic) bond motifs is 1. The first-order chi connectivity index (χ1) is 12.7. The fourth-order valence-electron chi connectivity index (χ4n) is 3.78. The molecule has 134 valence electrons.